The number of halogens is 3. The van der Waals surface area contributed by atoms with Crippen LogP contribution in [0.3, 0.4) is 0 Å². The van der Waals surface area contributed by atoms with Crippen molar-refractivity contribution in [2.45, 2.75) is 22.7 Å². The van der Waals surface area contributed by atoms with E-state index in [0.29, 0.717) is 5.03 Å². The highest BCUT2D eigenvalue weighted by Gasteiger charge is 2.30. The first-order valence-corrected chi connectivity index (χ1v) is 6.63. The lowest BCUT2D eigenvalue weighted by molar-refractivity contribution is -0.137. The number of thiophene rings is 1. The fraction of sp³-hybridized carbons (Fsp3) is 0.182. The van der Waals surface area contributed by atoms with E-state index in [-0.39, 0.29) is 6.61 Å². The molecule has 0 aliphatic carbocycles. The minimum Gasteiger partial charge on any atom is -0.392 e. The van der Waals surface area contributed by atoms with Crippen LogP contribution in [0.1, 0.15) is 11.1 Å². The summed E-state index contributed by atoms with van der Waals surface area (Å²) in [6, 6.07) is 2.33. The highest BCUT2D eigenvalue weighted by atomic mass is 32.2. The monoisotopic (exact) mass is 291 g/mol. The van der Waals surface area contributed by atoms with Crippen molar-refractivity contribution in [3.05, 3.63) is 40.2 Å². The van der Waals surface area contributed by atoms with Gasteiger partial charge in [-0.15, -0.1) is 0 Å². The fourth-order valence-electron chi connectivity index (χ4n) is 1.24. The number of nitrogens with zero attached hydrogens (tertiary/aromatic N) is 1. The number of rotatable bonds is 3. The van der Waals surface area contributed by atoms with Crippen LogP contribution in [-0.2, 0) is 12.8 Å². The molecule has 0 unspecified atom stereocenters. The van der Waals surface area contributed by atoms with Crippen LogP contribution in [0.4, 0.5) is 13.2 Å². The molecule has 2 heterocycles. The molecule has 2 aromatic heterocycles. The van der Waals surface area contributed by atoms with Crippen molar-refractivity contribution in [2.75, 3.05) is 0 Å². The van der Waals surface area contributed by atoms with Gasteiger partial charge in [0.05, 0.1) is 12.2 Å². The molecule has 2 rings (SSSR count). The molecular formula is C11H8F3NOS2. The van der Waals surface area contributed by atoms with E-state index in [1.165, 1.54) is 29.2 Å². The molecule has 0 fully saturated rings. The van der Waals surface area contributed by atoms with E-state index in [9.17, 15) is 13.2 Å². The molecule has 0 bridgehead atoms. The second-order valence-electron chi connectivity index (χ2n) is 3.40. The minimum absolute atomic E-state index is 0.0908. The van der Waals surface area contributed by atoms with Crippen LogP contribution < -0.4 is 0 Å². The zero-order chi connectivity index (χ0) is 13.2. The number of aromatic nitrogens is 1. The highest BCUT2D eigenvalue weighted by molar-refractivity contribution is 7.99. The van der Waals surface area contributed by atoms with Crippen molar-refractivity contribution in [1.29, 1.82) is 0 Å². The lowest BCUT2D eigenvalue weighted by Gasteiger charge is -2.06. The van der Waals surface area contributed by atoms with Crippen molar-refractivity contribution in [3.63, 3.8) is 0 Å². The molecule has 0 saturated carbocycles. The van der Waals surface area contributed by atoms with E-state index in [2.05, 4.69) is 4.98 Å². The Kier molecular flexibility index (Phi) is 3.94. The van der Waals surface area contributed by atoms with E-state index in [1.54, 1.807) is 5.38 Å². The van der Waals surface area contributed by atoms with Gasteiger partial charge in [0.1, 0.15) is 5.03 Å². The summed E-state index contributed by atoms with van der Waals surface area (Å²) in [5.74, 6) is 0. The first kappa shape index (κ1) is 13.4. The summed E-state index contributed by atoms with van der Waals surface area (Å²) >= 11 is 2.67. The van der Waals surface area contributed by atoms with Gasteiger partial charge in [0, 0.05) is 22.0 Å². The molecule has 1 N–H and O–H groups in total. The standard InChI is InChI=1S/C11H8F3NOS2/c12-11(13,14)8-1-2-10(15-3-8)18-9-6-17-5-7(9)4-16/h1-3,5-6,16H,4H2. The molecule has 0 spiro atoms. The zero-order valence-corrected chi connectivity index (χ0v) is 10.6. The largest absolute Gasteiger partial charge is 0.417 e. The topological polar surface area (TPSA) is 33.1 Å². The first-order chi connectivity index (χ1) is 8.50. The Balaban J connectivity index is 2.16. The number of aliphatic hydroxyl groups excluding tert-OH is 1. The molecular weight excluding hydrogens is 283 g/mol. The predicted molar refractivity (Wildman–Crippen MR) is 63.6 cm³/mol. The van der Waals surface area contributed by atoms with Gasteiger partial charge in [-0.2, -0.15) is 24.5 Å². The van der Waals surface area contributed by atoms with Crippen LogP contribution in [0.25, 0.3) is 0 Å². The maximum absolute atomic E-state index is 12.3. The molecule has 0 aromatic carbocycles. The smallest absolute Gasteiger partial charge is 0.392 e. The Morgan fingerprint density at radius 1 is 1.28 bits per heavy atom. The SMILES string of the molecule is OCc1cscc1Sc1ccc(C(F)(F)F)cn1. The average molecular weight is 291 g/mol. The maximum atomic E-state index is 12.3. The third kappa shape index (κ3) is 3.04. The number of alkyl halides is 3. The molecule has 7 heteroatoms. The van der Waals surface area contributed by atoms with Crippen LogP contribution in [-0.4, -0.2) is 10.1 Å². The molecule has 0 aliphatic heterocycles. The molecule has 0 atom stereocenters. The number of pyridine rings is 1. The van der Waals surface area contributed by atoms with E-state index >= 15 is 0 Å². The van der Waals surface area contributed by atoms with Crippen molar-refractivity contribution in [1.82, 2.24) is 4.98 Å². The van der Waals surface area contributed by atoms with Gasteiger partial charge >= 0.3 is 6.18 Å². The van der Waals surface area contributed by atoms with Crippen molar-refractivity contribution < 1.29 is 18.3 Å². The molecule has 2 aromatic rings. The third-order valence-electron chi connectivity index (χ3n) is 2.15. The van der Waals surface area contributed by atoms with E-state index in [4.69, 9.17) is 5.11 Å². The molecule has 2 nitrogen and oxygen atoms in total. The summed E-state index contributed by atoms with van der Waals surface area (Å²) in [7, 11) is 0. The van der Waals surface area contributed by atoms with Crippen LogP contribution in [0.2, 0.25) is 0 Å². The second kappa shape index (κ2) is 5.29. The molecule has 0 aliphatic rings. The Hall–Kier alpha value is -1.05. The van der Waals surface area contributed by atoms with Crippen LogP contribution in [0, 0.1) is 0 Å². The lowest BCUT2D eigenvalue weighted by Crippen LogP contribution is -2.05. The lowest BCUT2D eigenvalue weighted by atomic mass is 10.3. The Bertz CT molecular complexity index is 522. The van der Waals surface area contributed by atoms with Gasteiger partial charge < -0.3 is 5.11 Å². The maximum Gasteiger partial charge on any atom is 0.417 e. The summed E-state index contributed by atoms with van der Waals surface area (Å²) < 4.78 is 37.0. The summed E-state index contributed by atoms with van der Waals surface area (Å²) in [6.07, 6.45) is -3.55. The Morgan fingerprint density at radius 3 is 2.61 bits per heavy atom. The normalized spacial score (nSPS) is 11.8. The molecule has 0 saturated heterocycles. The fourth-order valence-corrected chi connectivity index (χ4v) is 3.10. The van der Waals surface area contributed by atoms with E-state index < -0.39 is 11.7 Å². The van der Waals surface area contributed by atoms with Gasteiger partial charge in [0.25, 0.3) is 0 Å². The average Bonchev–Trinajstić information content (AvgIpc) is 2.76. The first-order valence-electron chi connectivity index (χ1n) is 4.87. The van der Waals surface area contributed by atoms with Gasteiger partial charge in [-0.3, -0.25) is 0 Å². The van der Waals surface area contributed by atoms with Crippen molar-refractivity contribution >= 4 is 23.1 Å². The van der Waals surface area contributed by atoms with Gasteiger partial charge in [0.15, 0.2) is 0 Å². The number of aliphatic hydroxyl groups is 1. The zero-order valence-electron chi connectivity index (χ0n) is 8.94. The van der Waals surface area contributed by atoms with Gasteiger partial charge in [-0.1, -0.05) is 11.8 Å². The third-order valence-corrected chi connectivity index (χ3v) is 4.14. The van der Waals surface area contributed by atoms with Gasteiger partial charge in [-0.05, 0) is 17.5 Å². The second-order valence-corrected chi connectivity index (χ2v) is 5.21. The highest BCUT2D eigenvalue weighted by Crippen LogP contribution is 2.34. The summed E-state index contributed by atoms with van der Waals surface area (Å²) in [6.45, 7) is -0.0908. The molecule has 0 amide bonds. The minimum atomic E-state index is -4.37. The number of hydrogen-bond donors (Lipinski definition) is 1. The molecule has 96 valence electrons. The van der Waals surface area contributed by atoms with Crippen molar-refractivity contribution in [3.8, 4) is 0 Å². The van der Waals surface area contributed by atoms with Gasteiger partial charge in [-0.25, -0.2) is 4.98 Å². The summed E-state index contributed by atoms with van der Waals surface area (Å²) in [4.78, 5) is 4.58. The van der Waals surface area contributed by atoms with Gasteiger partial charge in [0.2, 0.25) is 0 Å². The summed E-state index contributed by atoms with van der Waals surface area (Å²) in [5, 5.41) is 13.2. The molecule has 18 heavy (non-hydrogen) atoms. The summed E-state index contributed by atoms with van der Waals surface area (Å²) in [5.41, 5.74) is -0.00810. The van der Waals surface area contributed by atoms with Crippen molar-refractivity contribution in [2.24, 2.45) is 0 Å². The predicted octanol–water partition coefficient (Wildman–Crippen LogP) is 3.81. The van der Waals surface area contributed by atoms with Crippen LogP contribution >= 0.6 is 23.1 Å². The molecule has 0 radical (unpaired) electrons. The van der Waals surface area contributed by atoms with Crippen LogP contribution in [0.15, 0.2) is 39.0 Å². The van der Waals surface area contributed by atoms with Crippen LogP contribution in [0.5, 0.6) is 0 Å². The Morgan fingerprint density at radius 2 is 2.06 bits per heavy atom. The van der Waals surface area contributed by atoms with E-state index in [0.717, 1.165) is 22.7 Å². The Labute approximate surface area is 109 Å². The van der Waals surface area contributed by atoms with E-state index in [1.807, 2.05) is 5.38 Å². The number of hydrogen-bond acceptors (Lipinski definition) is 4. The quantitative estimate of drug-likeness (QED) is 0.933.